The van der Waals surface area contributed by atoms with Crippen molar-refractivity contribution in [2.75, 3.05) is 38.7 Å². The molecule has 1 saturated heterocycles. The molecule has 1 atom stereocenters. The Morgan fingerprint density at radius 3 is 3.00 bits per heavy atom. The summed E-state index contributed by atoms with van der Waals surface area (Å²) >= 11 is 0. The number of ether oxygens (including phenoxy) is 1. The third-order valence-electron chi connectivity index (χ3n) is 4.34. The SMILES string of the molecule is COCCN1CCC(C(=O)Nc2cnn(Cc3ccccc3)c2)C1. The minimum atomic E-state index is 0.0410. The summed E-state index contributed by atoms with van der Waals surface area (Å²) in [6.07, 6.45) is 4.48. The average Bonchev–Trinajstić information content (AvgIpc) is 3.23. The largest absolute Gasteiger partial charge is 0.383 e. The highest BCUT2D eigenvalue weighted by molar-refractivity contribution is 5.92. The van der Waals surface area contributed by atoms with Crippen LogP contribution in [0, 0.1) is 5.92 Å². The van der Waals surface area contributed by atoms with Crippen LogP contribution < -0.4 is 5.32 Å². The van der Waals surface area contributed by atoms with Gasteiger partial charge in [0.2, 0.25) is 5.91 Å². The molecule has 1 amide bonds. The van der Waals surface area contributed by atoms with Crippen molar-refractivity contribution in [2.24, 2.45) is 5.92 Å². The van der Waals surface area contributed by atoms with Gasteiger partial charge in [0.25, 0.3) is 0 Å². The van der Waals surface area contributed by atoms with E-state index in [0.29, 0.717) is 13.2 Å². The van der Waals surface area contributed by atoms with Crippen LogP contribution in [0.25, 0.3) is 0 Å². The molecule has 1 aromatic carbocycles. The molecule has 0 aliphatic carbocycles. The van der Waals surface area contributed by atoms with Crippen molar-refractivity contribution in [3.05, 3.63) is 48.3 Å². The number of methoxy groups -OCH3 is 1. The lowest BCUT2D eigenvalue weighted by Crippen LogP contribution is -2.29. The Labute approximate surface area is 142 Å². The molecule has 1 aliphatic rings. The van der Waals surface area contributed by atoms with E-state index in [4.69, 9.17) is 4.74 Å². The summed E-state index contributed by atoms with van der Waals surface area (Å²) in [6.45, 7) is 4.04. The molecule has 6 heteroatoms. The molecule has 3 rings (SSSR count). The van der Waals surface area contributed by atoms with Gasteiger partial charge in [-0.3, -0.25) is 9.48 Å². The van der Waals surface area contributed by atoms with Crippen molar-refractivity contribution in [3.63, 3.8) is 0 Å². The first-order valence-electron chi connectivity index (χ1n) is 8.33. The van der Waals surface area contributed by atoms with E-state index < -0.39 is 0 Å². The van der Waals surface area contributed by atoms with Crippen molar-refractivity contribution in [3.8, 4) is 0 Å². The van der Waals surface area contributed by atoms with Gasteiger partial charge in [0.1, 0.15) is 0 Å². The van der Waals surface area contributed by atoms with Gasteiger partial charge in [0.05, 0.1) is 31.0 Å². The normalized spacial score (nSPS) is 18.0. The fourth-order valence-electron chi connectivity index (χ4n) is 3.00. The van der Waals surface area contributed by atoms with Crippen molar-refractivity contribution in [1.29, 1.82) is 0 Å². The molecule has 2 aromatic rings. The summed E-state index contributed by atoms with van der Waals surface area (Å²) in [5, 5.41) is 7.31. The Balaban J connectivity index is 1.50. The van der Waals surface area contributed by atoms with Crippen LogP contribution in [0.5, 0.6) is 0 Å². The molecule has 6 nitrogen and oxygen atoms in total. The number of carbonyl (C=O) groups is 1. The highest BCUT2D eigenvalue weighted by atomic mass is 16.5. The smallest absolute Gasteiger partial charge is 0.228 e. The molecule has 0 spiro atoms. The van der Waals surface area contributed by atoms with E-state index in [-0.39, 0.29) is 11.8 Å². The number of carbonyl (C=O) groups excluding carboxylic acids is 1. The van der Waals surface area contributed by atoms with Crippen molar-refractivity contribution < 1.29 is 9.53 Å². The van der Waals surface area contributed by atoms with Gasteiger partial charge in [-0.15, -0.1) is 0 Å². The zero-order chi connectivity index (χ0) is 16.8. The lowest BCUT2D eigenvalue weighted by Gasteiger charge is -2.14. The molecule has 1 N–H and O–H groups in total. The first-order chi connectivity index (χ1) is 11.7. The number of likely N-dealkylation sites (tertiary alicyclic amines) is 1. The van der Waals surface area contributed by atoms with Crippen LogP contribution in [-0.4, -0.2) is 53.9 Å². The summed E-state index contributed by atoms with van der Waals surface area (Å²) in [6, 6.07) is 10.1. The molecule has 128 valence electrons. The van der Waals surface area contributed by atoms with Crippen LogP contribution >= 0.6 is 0 Å². The number of nitrogens with one attached hydrogen (secondary N) is 1. The Bertz CT molecular complexity index is 656. The third kappa shape index (κ3) is 4.43. The number of amides is 1. The van der Waals surface area contributed by atoms with Crippen LogP contribution in [0.4, 0.5) is 5.69 Å². The third-order valence-corrected chi connectivity index (χ3v) is 4.34. The van der Waals surface area contributed by atoms with E-state index >= 15 is 0 Å². The number of benzene rings is 1. The molecule has 24 heavy (non-hydrogen) atoms. The van der Waals surface area contributed by atoms with Gasteiger partial charge in [-0.1, -0.05) is 30.3 Å². The quantitative estimate of drug-likeness (QED) is 0.842. The van der Waals surface area contributed by atoms with Gasteiger partial charge in [-0.25, -0.2) is 0 Å². The lowest BCUT2D eigenvalue weighted by molar-refractivity contribution is -0.119. The van der Waals surface area contributed by atoms with E-state index in [1.54, 1.807) is 13.3 Å². The monoisotopic (exact) mass is 328 g/mol. The topological polar surface area (TPSA) is 59.4 Å². The zero-order valence-electron chi connectivity index (χ0n) is 14.0. The van der Waals surface area contributed by atoms with Crippen LogP contribution in [-0.2, 0) is 16.1 Å². The molecule has 0 radical (unpaired) electrons. The summed E-state index contributed by atoms with van der Waals surface area (Å²) < 4.78 is 6.93. The maximum Gasteiger partial charge on any atom is 0.228 e. The van der Waals surface area contributed by atoms with E-state index in [1.165, 1.54) is 5.56 Å². The molecule has 1 fully saturated rings. The summed E-state index contributed by atoms with van der Waals surface area (Å²) in [5.41, 5.74) is 1.94. The highest BCUT2D eigenvalue weighted by Gasteiger charge is 2.28. The standard InChI is InChI=1S/C18H24N4O2/c1-24-10-9-21-8-7-16(13-21)18(23)20-17-11-19-22(14-17)12-15-5-3-2-4-6-15/h2-6,11,14,16H,7-10,12-13H2,1H3,(H,20,23). The van der Waals surface area contributed by atoms with Crippen molar-refractivity contribution in [2.45, 2.75) is 13.0 Å². The molecule has 2 heterocycles. The highest BCUT2D eigenvalue weighted by Crippen LogP contribution is 2.18. The maximum absolute atomic E-state index is 12.4. The van der Waals surface area contributed by atoms with Crippen molar-refractivity contribution in [1.82, 2.24) is 14.7 Å². The maximum atomic E-state index is 12.4. The number of aromatic nitrogens is 2. The average molecular weight is 328 g/mol. The van der Waals surface area contributed by atoms with Gasteiger partial charge in [-0.2, -0.15) is 5.10 Å². The minimum Gasteiger partial charge on any atom is -0.383 e. The summed E-state index contributed by atoms with van der Waals surface area (Å²) in [7, 11) is 1.70. The number of hydrogen-bond acceptors (Lipinski definition) is 4. The zero-order valence-corrected chi connectivity index (χ0v) is 14.0. The Morgan fingerprint density at radius 2 is 2.21 bits per heavy atom. The van der Waals surface area contributed by atoms with Crippen LogP contribution in [0.3, 0.4) is 0 Å². The van der Waals surface area contributed by atoms with Crippen molar-refractivity contribution >= 4 is 11.6 Å². The first-order valence-corrected chi connectivity index (χ1v) is 8.33. The van der Waals surface area contributed by atoms with E-state index in [9.17, 15) is 4.79 Å². The number of hydrogen-bond donors (Lipinski definition) is 1. The minimum absolute atomic E-state index is 0.0410. The Kier molecular flexibility index (Phi) is 5.61. The van der Waals surface area contributed by atoms with Gasteiger partial charge < -0.3 is 15.0 Å². The second-order valence-corrected chi connectivity index (χ2v) is 6.18. The predicted molar refractivity (Wildman–Crippen MR) is 92.8 cm³/mol. The van der Waals surface area contributed by atoms with Crippen LogP contribution in [0.2, 0.25) is 0 Å². The molecular weight excluding hydrogens is 304 g/mol. The first kappa shape index (κ1) is 16.7. The van der Waals surface area contributed by atoms with Gasteiger partial charge in [-0.05, 0) is 18.5 Å². The molecular formula is C18H24N4O2. The van der Waals surface area contributed by atoms with Gasteiger partial charge >= 0.3 is 0 Å². The fourth-order valence-corrected chi connectivity index (χ4v) is 3.00. The molecule has 1 aliphatic heterocycles. The molecule has 0 bridgehead atoms. The fraction of sp³-hybridized carbons (Fsp3) is 0.444. The second-order valence-electron chi connectivity index (χ2n) is 6.18. The van der Waals surface area contributed by atoms with Gasteiger partial charge in [0.15, 0.2) is 0 Å². The Morgan fingerprint density at radius 1 is 1.38 bits per heavy atom. The summed E-state index contributed by atoms with van der Waals surface area (Å²) in [5.74, 6) is 0.119. The van der Waals surface area contributed by atoms with Crippen LogP contribution in [0.1, 0.15) is 12.0 Å². The molecule has 1 aromatic heterocycles. The van der Waals surface area contributed by atoms with E-state index in [2.05, 4.69) is 27.4 Å². The number of nitrogens with zero attached hydrogens (tertiary/aromatic N) is 3. The number of anilines is 1. The van der Waals surface area contributed by atoms with E-state index in [1.807, 2.05) is 29.1 Å². The summed E-state index contributed by atoms with van der Waals surface area (Å²) in [4.78, 5) is 14.7. The lowest BCUT2D eigenvalue weighted by atomic mass is 10.1. The van der Waals surface area contributed by atoms with Crippen LogP contribution in [0.15, 0.2) is 42.7 Å². The van der Waals surface area contributed by atoms with E-state index in [0.717, 1.165) is 31.7 Å². The molecule has 1 unspecified atom stereocenters. The molecule has 0 saturated carbocycles. The van der Waals surface area contributed by atoms with Gasteiger partial charge in [0, 0.05) is 26.4 Å². The second kappa shape index (κ2) is 8.08. The number of rotatable bonds is 7. The Hall–Kier alpha value is -2.18. The predicted octanol–water partition coefficient (Wildman–Crippen LogP) is 1.84.